The van der Waals surface area contributed by atoms with Crippen molar-refractivity contribution in [2.45, 2.75) is 23.8 Å². The summed E-state index contributed by atoms with van der Waals surface area (Å²) >= 11 is 0. The Bertz CT molecular complexity index is 882. The summed E-state index contributed by atoms with van der Waals surface area (Å²) in [4.78, 5) is 0.186. The third-order valence-corrected chi connectivity index (χ3v) is 6.48. The molecule has 0 aromatic heterocycles. The zero-order valence-corrected chi connectivity index (χ0v) is 14.3. The van der Waals surface area contributed by atoms with Crippen molar-refractivity contribution in [3.8, 4) is 11.5 Å². The Balaban J connectivity index is 1.68. The number of hydrogen-bond donors (Lipinski definition) is 0. The molecule has 1 saturated heterocycles. The fraction of sp³-hybridized carbons (Fsp3) is 0.333. The first-order valence-corrected chi connectivity index (χ1v) is 9.67. The normalized spacial score (nSPS) is 20.6. The minimum Gasteiger partial charge on any atom is -0.486 e. The maximum Gasteiger partial charge on any atom is 0.243 e. The van der Waals surface area contributed by atoms with Gasteiger partial charge in [-0.05, 0) is 42.7 Å². The van der Waals surface area contributed by atoms with Crippen molar-refractivity contribution in [1.29, 1.82) is 0 Å². The van der Waals surface area contributed by atoms with Gasteiger partial charge in [0.2, 0.25) is 10.0 Å². The highest BCUT2D eigenvalue weighted by atomic mass is 32.2. The number of sulfonamides is 1. The van der Waals surface area contributed by atoms with E-state index >= 15 is 0 Å². The molecule has 1 fully saturated rings. The van der Waals surface area contributed by atoms with E-state index in [9.17, 15) is 12.8 Å². The monoisotopic (exact) mass is 363 g/mol. The number of fused-ring (bicyclic) bond motifs is 1. The second-order valence-electron chi connectivity index (χ2n) is 6.13. The predicted molar refractivity (Wildman–Crippen MR) is 89.7 cm³/mol. The van der Waals surface area contributed by atoms with Crippen LogP contribution in [-0.2, 0) is 10.0 Å². The van der Waals surface area contributed by atoms with Crippen molar-refractivity contribution in [3.05, 3.63) is 53.8 Å². The van der Waals surface area contributed by atoms with Crippen molar-refractivity contribution in [1.82, 2.24) is 4.31 Å². The smallest absolute Gasteiger partial charge is 0.243 e. The molecular formula is C18H18FNO4S. The van der Waals surface area contributed by atoms with E-state index in [2.05, 4.69) is 0 Å². The molecule has 2 aromatic carbocycles. The van der Waals surface area contributed by atoms with E-state index < -0.39 is 10.0 Å². The van der Waals surface area contributed by atoms with E-state index in [0.717, 1.165) is 18.4 Å². The molecule has 25 heavy (non-hydrogen) atoms. The quantitative estimate of drug-likeness (QED) is 0.841. The average molecular weight is 363 g/mol. The van der Waals surface area contributed by atoms with E-state index in [1.165, 1.54) is 22.5 Å². The van der Waals surface area contributed by atoms with Gasteiger partial charge in [0.25, 0.3) is 0 Å². The standard InChI is InChI=1S/C18H18FNO4S/c19-14-5-3-13(4-6-14)16-2-1-9-20(16)25(21,22)15-7-8-17-18(12-15)24-11-10-23-17/h3-8,12,16H,1-2,9-11H2/t16-/m0/s1. The van der Waals surface area contributed by atoms with Gasteiger partial charge in [-0.1, -0.05) is 12.1 Å². The van der Waals surface area contributed by atoms with Gasteiger partial charge in [0.15, 0.2) is 11.5 Å². The largest absolute Gasteiger partial charge is 0.486 e. The molecule has 0 aliphatic carbocycles. The van der Waals surface area contributed by atoms with Crippen LogP contribution in [0.3, 0.4) is 0 Å². The first-order valence-electron chi connectivity index (χ1n) is 8.23. The number of ether oxygens (including phenoxy) is 2. The third kappa shape index (κ3) is 2.98. The van der Waals surface area contributed by atoms with Crippen molar-refractivity contribution < 1.29 is 22.3 Å². The number of hydrogen-bond acceptors (Lipinski definition) is 4. The van der Waals surface area contributed by atoms with Crippen LogP contribution in [0.1, 0.15) is 24.4 Å². The van der Waals surface area contributed by atoms with Crippen LogP contribution in [0.5, 0.6) is 11.5 Å². The highest BCUT2D eigenvalue weighted by Crippen LogP contribution is 2.39. The number of halogens is 1. The highest BCUT2D eigenvalue weighted by molar-refractivity contribution is 7.89. The molecule has 0 saturated carbocycles. The van der Waals surface area contributed by atoms with Crippen molar-refractivity contribution in [3.63, 3.8) is 0 Å². The fourth-order valence-electron chi connectivity index (χ4n) is 3.37. The molecule has 132 valence electrons. The molecule has 2 heterocycles. The van der Waals surface area contributed by atoms with Gasteiger partial charge in [0.05, 0.1) is 10.9 Å². The number of benzene rings is 2. The molecule has 2 aliphatic rings. The first-order chi connectivity index (χ1) is 12.1. The molecule has 7 heteroatoms. The van der Waals surface area contributed by atoms with Gasteiger partial charge in [0.1, 0.15) is 19.0 Å². The van der Waals surface area contributed by atoms with E-state index in [0.29, 0.717) is 31.3 Å². The maximum absolute atomic E-state index is 13.2. The summed E-state index contributed by atoms with van der Waals surface area (Å²) in [6, 6.07) is 10.4. The van der Waals surface area contributed by atoms with Crippen LogP contribution in [-0.4, -0.2) is 32.5 Å². The van der Waals surface area contributed by atoms with Crippen LogP contribution in [0.2, 0.25) is 0 Å². The summed E-state index contributed by atoms with van der Waals surface area (Å²) in [5.74, 6) is 0.676. The molecule has 0 radical (unpaired) electrons. The lowest BCUT2D eigenvalue weighted by molar-refractivity contribution is 0.171. The zero-order chi connectivity index (χ0) is 17.4. The predicted octanol–water partition coefficient (Wildman–Crippen LogP) is 3.12. The van der Waals surface area contributed by atoms with E-state index in [1.54, 1.807) is 24.3 Å². The summed E-state index contributed by atoms with van der Waals surface area (Å²) in [5, 5.41) is 0. The molecule has 0 bridgehead atoms. The Kier molecular flexibility index (Phi) is 4.13. The summed E-state index contributed by atoms with van der Waals surface area (Å²) in [6.45, 7) is 1.30. The lowest BCUT2D eigenvalue weighted by Crippen LogP contribution is -2.30. The second-order valence-corrected chi connectivity index (χ2v) is 8.02. The minimum atomic E-state index is -3.68. The van der Waals surface area contributed by atoms with Crippen molar-refractivity contribution in [2.75, 3.05) is 19.8 Å². The Morgan fingerprint density at radius 2 is 1.72 bits per heavy atom. The van der Waals surface area contributed by atoms with Gasteiger partial charge in [-0.2, -0.15) is 4.31 Å². The van der Waals surface area contributed by atoms with E-state index in [-0.39, 0.29) is 16.8 Å². The average Bonchev–Trinajstić information content (AvgIpc) is 3.12. The topological polar surface area (TPSA) is 55.8 Å². The summed E-state index contributed by atoms with van der Waals surface area (Å²) in [5.41, 5.74) is 0.806. The zero-order valence-electron chi connectivity index (χ0n) is 13.5. The Morgan fingerprint density at radius 1 is 1.00 bits per heavy atom. The molecule has 4 rings (SSSR count). The van der Waals surface area contributed by atoms with Crippen LogP contribution < -0.4 is 9.47 Å². The second kappa shape index (κ2) is 6.31. The number of rotatable bonds is 3. The van der Waals surface area contributed by atoms with Gasteiger partial charge in [-0.25, -0.2) is 12.8 Å². The van der Waals surface area contributed by atoms with E-state index in [4.69, 9.17) is 9.47 Å². The lowest BCUT2D eigenvalue weighted by atomic mass is 10.1. The summed E-state index contributed by atoms with van der Waals surface area (Å²) < 4.78 is 51.9. The Labute approximate surface area is 146 Å². The van der Waals surface area contributed by atoms with Gasteiger partial charge < -0.3 is 9.47 Å². The SMILES string of the molecule is O=S(=O)(c1ccc2c(c1)OCCO2)N1CCC[C@H]1c1ccc(F)cc1. The van der Waals surface area contributed by atoms with Crippen LogP contribution in [0.4, 0.5) is 4.39 Å². The lowest BCUT2D eigenvalue weighted by Gasteiger charge is -2.25. The minimum absolute atomic E-state index is 0.186. The van der Waals surface area contributed by atoms with Gasteiger partial charge in [-0.15, -0.1) is 0 Å². The van der Waals surface area contributed by atoms with Gasteiger partial charge in [-0.3, -0.25) is 0 Å². The molecule has 5 nitrogen and oxygen atoms in total. The van der Waals surface area contributed by atoms with Crippen LogP contribution >= 0.6 is 0 Å². The molecule has 1 atom stereocenters. The van der Waals surface area contributed by atoms with E-state index in [1.807, 2.05) is 0 Å². The molecular weight excluding hydrogens is 345 g/mol. The molecule has 0 spiro atoms. The molecule has 2 aromatic rings. The Hall–Kier alpha value is -2.12. The van der Waals surface area contributed by atoms with Crippen LogP contribution in [0.15, 0.2) is 47.4 Å². The summed E-state index contributed by atoms with van der Waals surface area (Å²) in [6.07, 6.45) is 1.49. The molecule has 0 amide bonds. The maximum atomic E-state index is 13.2. The van der Waals surface area contributed by atoms with Crippen molar-refractivity contribution >= 4 is 10.0 Å². The first kappa shape index (κ1) is 16.4. The van der Waals surface area contributed by atoms with Crippen molar-refractivity contribution in [2.24, 2.45) is 0 Å². The highest BCUT2D eigenvalue weighted by Gasteiger charge is 2.36. The fourth-order valence-corrected chi connectivity index (χ4v) is 5.06. The third-order valence-electron chi connectivity index (χ3n) is 4.58. The number of nitrogens with zero attached hydrogens (tertiary/aromatic N) is 1. The molecule has 0 unspecified atom stereocenters. The van der Waals surface area contributed by atoms with Crippen LogP contribution in [0, 0.1) is 5.82 Å². The summed E-state index contributed by atoms with van der Waals surface area (Å²) in [7, 11) is -3.68. The van der Waals surface area contributed by atoms with Crippen LogP contribution in [0.25, 0.3) is 0 Å². The Morgan fingerprint density at radius 3 is 2.48 bits per heavy atom. The van der Waals surface area contributed by atoms with Gasteiger partial charge in [0, 0.05) is 12.6 Å². The van der Waals surface area contributed by atoms with Gasteiger partial charge >= 0.3 is 0 Å². The molecule has 0 N–H and O–H groups in total. The molecule has 2 aliphatic heterocycles.